The van der Waals surface area contributed by atoms with Gasteiger partial charge in [-0.1, -0.05) is 140 Å². The van der Waals surface area contributed by atoms with Gasteiger partial charge in [-0.15, -0.1) is 11.3 Å². The number of hydrogen-bond donors (Lipinski definition) is 0. The van der Waals surface area contributed by atoms with E-state index in [1.807, 2.05) is 133 Å². The van der Waals surface area contributed by atoms with Crippen LogP contribution >= 0.6 is 11.3 Å². The van der Waals surface area contributed by atoms with Gasteiger partial charge in [0.1, 0.15) is 0 Å². The maximum atomic E-state index is 8.00. The van der Waals surface area contributed by atoms with Crippen LogP contribution < -0.4 is 0 Å². The van der Waals surface area contributed by atoms with Crippen LogP contribution in [0.3, 0.4) is 0 Å². The number of thiophene rings is 1. The highest BCUT2D eigenvalue weighted by atomic mass is 32.1. The van der Waals surface area contributed by atoms with E-state index in [0.29, 0.717) is 40.6 Å². The normalized spacial score (nSPS) is 11.1. The predicted octanol–water partition coefficient (Wildman–Crippen LogP) is 12.6. The molecule has 10 rings (SSSR count). The molecule has 0 unspecified atom stereocenters. The largest absolute Gasteiger partial charge is 0.238 e. The third kappa shape index (κ3) is 6.69. The molecule has 0 amide bonds. The summed E-state index contributed by atoms with van der Waals surface area (Å²) < 4.78 is 2.29. The van der Waals surface area contributed by atoms with Gasteiger partial charge in [0.25, 0.3) is 0 Å². The summed E-state index contributed by atoms with van der Waals surface area (Å²) in [4.78, 5) is 33.3. The Kier molecular flexibility index (Phi) is 8.60. The van der Waals surface area contributed by atoms with E-state index >= 15 is 0 Å². The molecule has 0 spiro atoms. The summed E-state index contributed by atoms with van der Waals surface area (Å²) in [6.07, 6.45) is 0. The van der Waals surface area contributed by atoms with E-state index in [0.717, 1.165) is 64.7 Å². The van der Waals surface area contributed by atoms with Crippen LogP contribution in [0.2, 0.25) is 0 Å². The highest BCUT2D eigenvalue weighted by Gasteiger charge is 2.17. The van der Waals surface area contributed by atoms with E-state index < -0.39 is 0 Å². The average molecular weight is 748 g/mol. The number of fused-ring (bicyclic) bond motifs is 3. The van der Waals surface area contributed by atoms with Crippen molar-refractivity contribution in [3.05, 3.63) is 187 Å². The standard InChI is InChI=1S/C49H29N7S/c1-50-39-27-37(26-38(28-39)49-55-46(33-18-10-4-11-19-33)52-47(56-49)34-20-12-5-13-21-34)35-23-25-42-41(29-35)40-24-22-36(30-43(40)57-42)48-53-44(31-14-6-2-7-15-31)51-45(54-48)32-16-8-3-9-17-32/h2-30H. The van der Waals surface area contributed by atoms with Crippen molar-refractivity contribution in [2.45, 2.75) is 0 Å². The zero-order valence-electron chi connectivity index (χ0n) is 30.3. The first-order chi connectivity index (χ1) is 28.1. The Labute approximate surface area is 332 Å². The summed E-state index contributed by atoms with van der Waals surface area (Å²) in [5.41, 5.74) is 7.73. The fourth-order valence-corrected chi connectivity index (χ4v) is 8.07. The van der Waals surface area contributed by atoms with Gasteiger partial charge in [0.15, 0.2) is 40.6 Å². The smallest absolute Gasteiger partial charge is 0.188 e. The van der Waals surface area contributed by atoms with E-state index in [4.69, 9.17) is 36.5 Å². The molecule has 0 aliphatic rings. The van der Waals surface area contributed by atoms with Crippen LogP contribution in [0.1, 0.15) is 0 Å². The molecule has 57 heavy (non-hydrogen) atoms. The van der Waals surface area contributed by atoms with Crippen LogP contribution in [0.25, 0.3) is 104 Å². The second-order valence-corrected chi connectivity index (χ2v) is 14.6. The highest BCUT2D eigenvalue weighted by Crippen LogP contribution is 2.40. The Morgan fingerprint density at radius 1 is 0.316 bits per heavy atom. The Morgan fingerprint density at radius 3 is 1.21 bits per heavy atom. The molecule has 10 aromatic rings. The van der Waals surface area contributed by atoms with Crippen molar-refractivity contribution < 1.29 is 0 Å². The van der Waals surface area contributed by atoms with Crippen molar-refractivity contribution in [1.82, 2.24) is 29.9 Å². The lowest BCUT2D eigenvalue weighted by Gasteiger charge is -2.11. The second kappa shape index (κ2) is 14.5. The number of aromatic nitrogens is 6. The van der Waals surface area contributed by atoms with E-state index in [1.54, 1.807) is 11.3 Å². The Bertz CT molecular complexity index is 3010. The second-order valence-electron chi connectivity index (χ2n) is 13.5. The summed E-state index contributed by atoms with van der Waals surface area (Å²) in [6.45, 7) is 8.00. The molecule has 0 fully saturated rings. The lowest BCUT2D eigenvalue weighted by Crippen LogP contribution is -2.00. The van der Waals surface area contributed by atoms with Crippen molar-refractivity contribution in [1.29, 1.82) is 0 Å². The van der Waals surface area contributed by atoms with Crippen molar-refractivity contribution >= 4 is 37.2 Å². The third-order valence-corrected chi connectivity index (χ3v) is 10.9. The first-order valence-electron chi connectivity index (χ1n) is 18.4. The average Bonchev–Trinajstić information content (AvgIpc) is 3.67. The van der Waals surface area contributed by atoms with Gasteiger partial charge in [-0.05, 0) is 47.5 Å². The van der Waals surface area contributed by atoms with Crippen LogP contribution in [0.5, 0.6) is 0 Å². The molecule has 0 atom stereocenters. The summed E-state index contributed by atoms with van der Waals surface area (Å²) in [5.74, 6) is 3.54. The Balaban J connectivity index is 1.06. The molecule has 0 bridgehead atoms. The van der Waals surface area contributed by atoms with E-state index in [1.165, 1.54) is 0 Å². The van der Waals surface area contributed by atoms with Gasteiger partial charge in [-0.2, -0.15) is 0 Å². The molecule has 3 aromatic heterocycles. The van der Waals surface area contributed by atoms with Gasteiger partial charge in [0.05, 0.1) is 6.57 Å². The molecule has 0 saturated carbocycles. The van der Waals surface area contributed by atoms with Crippen molar-refractivity contribution in [2.24, 2.45) is 0 Å². The molecule has 0 aliphatic carbocycles. The van der Waals surface area contributed by atoms with Gasteiger partial charge in [0, 0.05) is 53.6 Å². The minimum atomic E-state index is 0.507. The first-order valence-corrected chi connectivity index (χ1v) is 19.2. The topological polar surface area (TPSA) is 81.7 Å². The van der Waals surface area contributed by atoms with E-state index in [-0.39, 0.29) is 0 Å². The SMILES string of the molecule is [C-]#[N+]c1cc(-c2ccc3sc4cc(-c5nc(-c6ccccc6)nc(-c6ccccc6)n5)ccc4c3c2)cc(-c2nc(-c3ccccc3)nc(-c3ccccc3)n2)c1. The lowest BCUT2D eigenvalue weighted by atomic mass is 9.99. The van der Waals surface area contributed by atoms with Gasteiger partial charge in [-0.25, -0.2) is 34.7 Å². The zero-order chi connectivity index (χ0) is 38.1. The molecule has 3 heterocycles. The van der Waals surface area contributed by atoms with Crippen LogP contribution in [-0.2, 0) is 0 Å². The van der Waals surface area contributed by atoms with Crippen molar-refractivity contribution in [3.63, 3.8) is 0 Å². The van der Waals surface area contributed by atoms with Gasteiger partial charge < -0.3 is 0 Å². The van der Waals surface area contributed by atoms with Gasteiger partial charge >= 0.3 is 0 Å². The molecular weight excluding hydrogens is 719 g/mol. The fraction of sp³-hybridized carbons (Fsp3) is 0. The van der Waals surface area contributed by atoms with Gasteiger partial charge in [-0.3, -0.25) is 0 Å². The number of nitrogens with zero attached hydrogens (tertiary/aromatic N) is 7. The quantitative estimate of drug-likeness (QED) is 0.151. The maximum absolute atomic E-state index is 8.00. The molecule has 0 saturated heterocycles. The number of rotatable bonds is 7. The zero-order valence-corrected chi connectivity index (χ0v) is 31.1. The fourth-order valence-electron chi connectivity index (χ4n) is 6.94. The summed E-state index contributed by atoms with van der Waals surface area (Å²) in [5, 5.41) is 2.28. The first kappa shape index (κ1) is 33.8. The molecule has 0 radical (unpaired) electrons. The van der Waals surface area contributed by atoms with Crippen molar-refractivity contribution in [2.75, 3.05) is 0 Å². The monoisotopic (exact) mass is 747 g/mol. The molecule has 7 nitrogen and oxygen atoms in total. The third-order valence-electron chi connectivity index (χ3n) is 9.77. The van der Waals surface area contributed by atoms with Crippen molar-refractivity contribution in [3.8, 4) is 79.5 Å². The number of benzene rings is 7. The summed E-state index contributed by atoms with van der Waals surface area (Å²) >= 11 is 1.74. The Hall–Kier alpha value is -7.73. The van der Waals surface area contributed by atoms with E-state index in [9.17, 15) is 0 Å². The summed E-state index contributed by atoms with van der Waals surface area (Å²) in [7, 11) is 0. The molecule has 8 heteroatoms. The molecule has 7 aromatic carbocycles. The van der Waals surface area contributed by atoms with Gasteiger partial charge in [0.2, 0.25) is 0 Å². The van der Waals surface area contributed by atoms with Crippen LogP contribution in [-0.4, -0.2) is 29.9 Å². The molecule has 0 aliphatic heterocycles. The number of hydrogen-bond acceptors (Lipinski definition) is 7. The predicted molar refractivity (Wildman–Crippen MR) is 230 cm³/mol. The van der Waals surface area contributed by atoms with E-state index in [2.05, 4.69) is 47.3 Å². The lowest BCUT2D eigenvalue weighted by molar-refractivity contribution is 1.07. The minimum Gasteiger partial charge on any atom is -0.238 e. The molecule has 0 N–H and O–H groups in total. The van der Waals surface area contributed by atoms with Crippen LogP contribution in [0.4, 0.5) is 5.69 Å². The molecular formula is C49H29N7S. The van der Waals surface area contributed by atoms with Crippen LogP contribution in [0.15, 0.2) is 176 Å². The Morgan fingerprint density at radius 2 is 0.737 bits per heavy atom. The van der Waals surface area contributed by atoms with Crippen LogP contribution in [0, 0.1) is 6.57 Å². The molecule has 266 valence electrons. The maximum Gasteiger partial charge on any atom is 0.188 e. The summed E-state index contributed by atoms with van der Waals surface area (Å²) in [6, 6.07) is 58.6. The highest BCUT2D eigenvalue weighted by molar-refractivity contribution is 7.25. The minimum absolute atomic E-state index is 0.507.